The summed E-state index contributed by atoms with van der Waals surface area (Å²) < 4.78 is 15.5. The first-order valence-corrected chi connectivity index (χ1v) is 6.74. The van der Waals surface area contributed by atoms with Crippen LogP contribution in [0.25, 0.3) is 5.69 Å². The molecule has 0 saturated heterocycles. The fourth-order valence-electron chi connectivity index (χ4n) is 1.47. The maximum absolute atomic E-state index is 13.0. The topological polar surface area (TPSA) is 42.7 Å². The maximum Gasteiger partial charge on any atom is 0.124 e. The average molecular weight is 360 g/mol. The normalized spacial score (nSPS) is 11.2. The molecule has 6 heteroatoms. The molecule has 0 unspecified atom stereocenters. The summed E-state index contributed by atoms with van der Waals surface area (Å²) in [4.78, 5) is 0. The van der Waals surface area contributed by atoms with Crippen molar-refractivity contribution in [2.24, 2.45) is 0 Å². The third-order valence-corrected chi connectivity index (χ3v) is 3.25. The predicted octanol–water partition coefficient (Wildman–Crippen LogP) is 2.51. The van der Waals surface area contributed by atoms with E-state index in [-0.39, 0.29) is 5.82 Å². The van der Waals surface area contributed by atoms with E-state index in [0.717, 1.165) is 15.0 Å². The Labute approximate surface area is 119 Å². The Morgan fingerprint density at radius 2 is 2.22 bits per heavy atom. The Bertz CT molecular complexity index is 539. The van der Waals surface area contributed by atoms with Gasteiger partial charge in [-0.1, -0.05) is 19.1 Å². The molecule has 18 heavy (non-hydrogen) atoms. The summed E-state index contributed by atoms with van der Waals surface area (Å²) >= 11 is 2.09. The van der Waals surface area contributed by atoms with Gasteiger partial charge in [0.05, 0.1) is 17.6 Å². The van der Waals surface area contributed by atoms with E-state index in [1.54, 1.807) is 10.7 Å². The lowest BCUT2D eigenvalue weighted by atomic mass is 10.3. The number of hydrogen-bond acceptors (Lipinski definition) is 3. The molecule has 0 amide bonds. The van der Waals surface area contributed by atoms with Crippen molar-refractivity contribution in [3.63, 3.8) is 0 Å². The number of aromatic nitrogens is 3. The van der Waals surface area contributed by atoms with Crippen LogP contribution in [0.3, 0.4) is 0 Å². The molecule has 2 rings (SSSR count). The van der Waals surface area contributed by atoms with Crippen LogP contribution in [0.1, 0.15) is 19.5 Å². The van der Waals surface area contributed by atoms with Gasteiger partial charge in [0.2, 0.25) is 0 Å². The van der Waals surface area contributed by atoms with Gasteiger partial charge in [-0.25, -0.2) is 9.07 Å². The van der Waals surface area contributed by atoms with Crippen LogP contribution in [0, 0.1) is 9.39 Å². The van der Waals surface area contributed by atoms with Gasteiger partial charge in [0, 0.05) is 16.2 Å². The Morgan fingerprint density at radius 1 is 1.44 bits per heavy atom. The lowest BCUT2D eigenvalue weighted by Gasteiger charge is -2.04. The minimum Gasteiger partial charge on any atom is -0.309 e. The SMILES string of the molecule is CC(C)NCc1cn(-c2ccc(F)cc2I)nn1. The van der Waals surface area contributed by atoms with Crippen molar-refractivity contribution < 1.29 is 4.39 Å². The number of halogens is 2. The molecule has 96 valence electrons. The second kappa shape index (κ2) is 5.75. The van der Waals surface area contributed by atoms with E-state index < -0.39 is 0 Å². The van der Waals surface area contributed by atoms with Crippen molar-refractivity contribution in [1.29, 1.82) is 0 Å². The molecule has 0 radical (unpaired) electrons. The highest BCUT2D eigenvalue weighted by atomic mass is 127. The molecule has 0 aliphatic carbocycles. The lowest BCUT2D eigenvalue weighted by Crippen LogP contribution is -2.21. The molecule has 0 bridgehead atoms. The summed E-state index contributed by atoms with van der Waals surface area (Å²) in [5, 5.41) is 11.4. The molecule has 0 aliphatic heterocycles. The smallest absolute Gasteiger partial charge is 0.124 e. The number of benzene rings is 1. The first kappa shape index (κ1) is 13.4. The molecular weight excluding hydrogens is 346 g/mol. The van der Waals surface area contributed by atoms with Crippen molar-refractivity contribution in [3.8, 4) is 5.69 Å². The molecule has 0 spiro atoms. The van der Waals surface area contributed by atoms with Gasteiger partial charge in [0.25, 0.3) is 0 Å². The van der Waals surface area contributed by atoms with Crippen LogP contribution < -0.4 is 5.32 Å². The van der Waals surface area contributed by atoms with Crippen LogP contribution in [-0.4, -0.2) is 21.0 Å². The third kappa shape index (κ3) is 3.26. The monoisotopic (exact) mass is 360 g/mol. The van der Waals surface area contributed by atoms with Gasteiger partial charge in [0.15, 0.2) is 0 Å². The summed E-state index contributed by atoms with van der Waals surface area (Å²) in [5.74, 6) is -0.245. The van der Waals surface area contributed by atoms with Crippen LogP contribution in [0.2, 0.25) is 0 Å². The Balaban J connectivity index is 2.18. The van der Waals surface area contributed by atoms with E-state index in [1.807, 2.05) is 6.20 Å². The van der Waals surface area contributed by atoms with Crippen molar-refractivity contribution >= 4 is 22.6 Å². The molecule has 0 aliphatic rings. The van der Waals surface area contributed by atoms with Crippen molar-refractivity contribution in [1.82, 2.24) is 20.3 Å². The highest BCUT2D eigenvalue weighted by Crippen LogP contribution is 2.17. The number of nitrogens with one attached hydrogen (secondary N) is 1. The zero-order valence-corrected chi connectivity index (χ0v) is 12.3. The van der Waals surface area contributed by atoms with Gasteiger partial charge in [0.1, 0.15) is 5.82 Å². The quantitative estimate of drug-likeness (QED) is 0.853. The zero-order chi connectivity index (χ0) is 13.1. The van der Waals surface area contributed by atoms with E-state index in [0.29, 0.717) is 12.6 Å². The Morgan fingerprint density at radius 3 is 2.89 bits per heavy atom. The van der Waals surface area contributed by atoms with Gasteiger partial charge >= 0.3 is 0 Å². The molecule has 0 saturated carbocycles. The maximum atomic E-state index is 13.0. The summed E-state index contributed by atoms with van der Waals surface area (Å²) in [5.41, 5.74) is 1.70. The fourth-order valence-corrected chi connectivity index (χ4v) is 2.20. The molecule has 0 atom stereocenters. The van der Waals surface area contributed by atoms with E-state index in [4.69, 9.17) is 0 Å². The second-order valence-corrected chi connectivity index (χ2v) is 5.45. The van der Waals surface area contributed by atoms with E-state index in [1.165, 1.54) is 12.1 Å². The number of hydrogen-bond donors (Lipinski definition) is 1. The molecule has 1 aromatic heterocycles. The Hall–Kier alpha value is -1.02. The van der Waals surface area contributed by atoms with Gasteiger partial charge in [-0.15, -0.1) is 5.10 Å². The van der Waals surface area contributed by atoms with Crippen LogP contribution in [0.5, 0.6) is 0 Å². The highest BCUT2D eigenvalue weighted by Gasteiger charge is 2.07. The van der Waals surface area contributed by atoms with E-state index in [9.17, 15) is 4.39 Å². The van der Waals surface area contributed by atoms with Gasteiger partial charge < -0.3 is 5.32 Å². The van der Waals surface area contributed by atoms with Crippen molar-refractivity contribution in [2.45, 2.75) is 26.4 Å². The summed E-state index contributed by atoms with van der Waals surface area (Å²) in [6.45, 7) is 4.83. The first-order chi connectivity index (χ1) is 8.56. The molecule has 1 N–H and O–H groups in total. The number of rotatable bonds is 4. The van der Waals surface area contributed by atoms with E-state index in [2.05, 4.69) is 52.1 Å². The van der Waals surface area contributed by atoms with Crippen LogP contribution in [-0.2, 0) is 6.54 Å². The van der Waals surface area contributed by atoms with Crippen molar-refractivity contribution in [2.75, 3.05) is 0 Å². The average Bonchev–Trinajstić information content (AvgIpc) is 2.75. The molecule has 0 fully saturated rings. The fraction of sp³-hybridized carbons (Fsp3) is 0.333. The van der Waals surface area contributed by atoms with Crippen LogP contribution in [0.4, 0.5) is 4.39 Å². The van der Waals surface area contributed by atoms with Crippen LogP contribution >= 0.6 is 22.6 Å². The third-order valence-electron chi connectivity index (χ3n) is 2.39. The molecule has 1 heterocycles. The summed E-state index contributed by atoms with van der Waals surface area (Å²) in [7, 11) is 0. The zero-order valence-electron chi connectivity index (χ0n) is 10.2. The lowest BCUT2D eigenvalue weighted by molar-refractivity contribution is 0.580. The predicted molar refractivity (Wildman–Crippen MR) is 76.0 cm³/mol. The second-order valence-electron chi connectivity index (χ2n) is 4.29. The minimum absolute atomic E-state index is 0.245. The Kier molecular flexibility index (Phi) is 4.28. The van der Waals surface area contributed by atoms with E-state index >= 15 is 0 Å². The standard InChI is InChI=1S/C12H14FIN4/c1-8(2)15-6-10-7-18(17-16-10)12-4-3-9(13)5-11(12)14/h3-5,7-8,15H,6H2,1-2H3. The summed E-state index contributed by atoms with van der Waals surface area (Å²) in [6, 6.07) is 5.00. The molecule has 2 aromatic rings. The summed E-state index contributed by atoms with van der Waals surface area (Å²) in [6.07, 6.45) is 1.85. The molecule has 1 aromatic carbocycles. The van der Waals surface area contributed by atoms with Crippen LogP contribution in [0.15, 0.2) is 24.4 Å². The van der Waals surface area contributed by atoms with Crippen molar-refractivity contribution in [3.05, 3.63) is 39.5 Å². The first-order valence-electron chi connectivity index (χ1n) is 5.66. The van der Waals surface area contributed by atoms with Gasteiger partial charge in [-0.3, -0.25) is 0 Å². The van der Waals surface area contributed by atoms with Gasteiger partial charge in [-0.05, 0) is 40.8 Å². The molecule has 4 nitrogen and oxygen atoms in total. The minimum atomic E-state index is -0.245. The van der Waals surface area contributed by atoms with Gasteiger partial charge in [-0.2, -0.15) is 0 Å². The highest BCUT2D eigenvalue weighted by molar-refractivity contribution is 14.1. The largest absolute Gasteiger partial charge is 0.309 e. The number of nitrogens with zero attached hydrogens (tertiary/aromatic N) is 3. The molecular formula is C12H14FIN4.